The Balaban J connectivity index is 1.58. The van der Waals surface area contributed by atoms with Crippen LogP contribution in [0.25, 0.3) is 16.9 Å². The molecule has 0 aliphatic heterocycles. The minimum absolute atomic E-state index is 0.0502. The van der Waals surface area contributed by atoms with Gasteiger partial charge in [0.15, 0.2) is 11.9 Å². The van der Waals surface area contributed by atoms with Crippen molar-refractivity contribution < 1.29 is 33.2 Å². The molecule has 10 nitrogen and oxygen atoms in total. The third kappa shape index (κ3) is 5.37. The summed E-state index contributed by atoms with van der Waals surface area (Å²) in [6, 6.07) is 9.43. The fourth-order valence-electron chi connectivity index (χ4n) is 3.26. The smallest absolute Gasteiger partial charge is 0.417 e. The molecule has 0 saturated carbocycles. The number of anilines is 1. The molecule has 190 valence electrons. The number of rotatable bonds is 9. The van der Waals surface area contributed by atoms with E-state index in [1.807, 2.05) is 0 Å². The predicted molar refractivity (Wildman–Crippen MR) is 122 cm³/mol. The number of ether oxygens (including phenoxy) is 1. The first-order valence-corrected chi connectivity index (χ1v) is 10.8. The summed E-state index contributed by atoms with van der Waals surface area (Å²) in [4.78, 5) is 12.3. The van der Waals surface area contributed by atoms with Gasteiger partial charge >= 0.3 is 12.2 Å². The number of benzene rings is 1. The van der Waals surface area contributed by atoms with Gasteiger partial charge < -0.3 is 25.4 Å². The maximum absolute atomic E-state index is 13.5. The van der Waals surface area contributed by atoms with Crippen LogP contribution in [-0.4, -0.2) is 59.7 Å². The predicted octanol–water partition coefficient (Wildman–Crippen LogP) is 2.68. The summed E-state index contributed by atoms with van der Waals surface area (Å²) in [5.74, 6) is 0.177. The van der Waals surface area contributed by atoms with Crippen molar-refractivity contribution in [1.82, 2.24) is 24.6 Å². The summed E-state index contributed by atoms with van der Waals surface area (Å²) in [6.07, 6.45) is -3.23. The number of halogens is 3. The van der Waals surface area contributed by atoms with Crippen LogP contribution in [0.5, 0.6) is 6.01 Å². The highest BCUT2D eigenvalue weighted by Gasteiger charge is 2.34. The molecule has 4 rings (SSSR count). The van der Waals surface area contributed by atoms with Crippen molar-refractivity contribution in [1.29, 1.82) is 0 Å². The third-order valence-corrected chi connectivity index (χ3v) is 5.41. The number of hydrogen-bond acceptors (Lipinski definition) is 9. The molecule has 3 aromatic heterocycles. The molecule has 0 fully saturated rings. The minimum Gasteiger partial charge on any atom is -0.463 e. The lowest BCUT2D eigenvalue weighted by molar-refractivity contribution is -0.137. The number of alkyl halides is 3. The standard InChI is InChI=1S/C23H23F3N6O4/c1-22(11-33,12-34)13-36-21-27-9-8-18(30-21)29-20(35)17-10-28-19-7-6-16(31-32(17)19)14-4-2-3-5-15(14)23(24,25)26/h2-10,20,33-35H,11-13H2,1H3,(H,27,29,30). The molecule has 0 saturated heterocycles. The average Bonchev–Trinajstić information content (AvgIpc) is 3.30. The fraction of sp³-hybridized carbons (Fsp3) is 0.304. The van der Waals surface area contributed by atoms with Gasteiger partial charge in [-0.05, 0) is 24.3 Å². The second kappa shape index (κ2) is 10.0. The maximum atomic E-state index is 13.5. The van der Waals surface area contributed by atoms with Crippen LogP contribution < -0.4 is 10.1 Å². The third-order valence-electron chi connectivity index (χ3n) is 5.41. The van der Waals surface area contributed by atoms with Crippen LogP contribution in [0.15, 0.2) is 54.9 Å². The first-order chi connectivity index (χ1) is 17.1. The Kier molecular flexibility index (Phi) is 7.06. The Bertz CT molecular complexity index is 1340. The molecule has 1 atom stereocenters. The van der Waals surface area contributed by atoms with Crippen molar-refractivity contribution in [3.05, 3.63) is 66.1 Å². The molecule has 4 N–H and O–H groups in total. The number of aliphatic hydroxyl groups is 3. The maximum Gasteiger partial charge on any atom is 0.417 e. The molecule has 0 amide bonds. The van der Waals surface area contributed by atoms with Gasteiger partial charge in [0.25, 0.3) is 0 Å². The van der Waals surface area contributed by atoms with E-state index in [1.54, 1.807) is 6.92 Å². The topological polar surface area (TPSA) is 138 Å². The highest BCUT2D eigenvalue weighted by atomic mass is 19.4. The van der Waals surface area contributed by atoms with E-state index in [-0.39, 0.29) is 48.6 Å². The number of aromatic nitrogens is 5. The molecule has 36 heavy (non-hydrogen) atoms. The average molecular weight is 504 g/mol. The van der Waals surface area contributed by atoms with Gasteiger partial charge in [0.05, 0.1) is 30.7 Å². The SMILES string of the molecule is CC(CO)(CO)COc1nccc(NC(O)c2cnc3ccc(-c4ccccc4C(F)(F)F)nn23)n1. The van der Waals surface area contributed by atoms with Crippen molar-refractivity contribution in [2.45, 2.75) is 19.3 Å². The van der Waals surface area contributed by atoms with Gasteiger partial charge in [-0.25, -0.2) is 14.5 Å². The Morgan fingerprint density at radius 1 is 1.06 bits per heavy atom. The Hall–Kier alpha value is -3.81. The summed E-state index contributed by atoms with van der Waals surface area (Å²) in [5, 5.41) is 36.6. The largest absolute Gasteiger partial charge is 0.463 e. The van der Waals surface area contributed by atoms with Gasteiger partial charge in [0, 0.05) is 17.2 Å². The van der Waals surface area contributed by atoms with Crippen LogP contribution in [-0.2, 0) is 6.18 Å². The quantitative estimate of drug-likeness (QED) is 0.254. The second-order valence-corrected chi connectivity index (χ2v) is 8.40. The van der Waals surface area contributed by atoms with Crippen LogP contribution in [0.2, 0.25) is 0 Å². The van der Waals surface area contributed by atoms with Gasteiger partial charge in [-0.1, -0.05) is 25.1 Å². The van der Waals surface area contributed by atoms with Crippen molar-refractivity contribution in [2.75, 3.05) is 25.1 Å². The van der Waals surface area contributed by atoms with E-state index in [2.05, 4.69) is 25.4 Å². The van der Waals surface area contributed by atoms with E-state index in [4.69, 9.17) is 4.74 Å². The Labute approximate surface area is 203 Å². The zero-order chi connectivity index (χ0) is 25.9. The van der Waals surface area contributed by atoms with Crippen LogP contribution in [0, 0.1) is 5.41 Å². The summed E-state index contributed by atoms with van der Waals surface area (Å²) in [6.45, 7) is 0.955. The normalized spacial score (nSPS) is 13.1. The van der Waals surface area contributed by atoms with Crippen LogP contribution in [0.3, 0.4) is 0 Å². The lowest BCUT2D eigenvalue weighted by atomic mass is 9.95. The van der Waals surface area contributed by atoms with E-state index in [1.165, 1.54) is 53.3 Å². The van der Waals surface area contributed by atoms with E-state index >= 15 is 0 Å². The number of nitrogens with one attached hydrogen (secondary N) is 1. The molecule has 0 aliphatic carbocycles. The van der Waals surface area contributed by atoms with E-state index in [0.717, 1.165) is 6.07 Å². The highest BCUT2D eigenvalue weighted by Crippen LogP contribution is 2.36. The number of imidazole rings is 1. The van der Waals surface area contributed by atoms with E-state index in [9.17, 15) is 28.5 Å². The molecule has 13 heteroatoms. The van der Waals surface area contributed by atoms with Gasteiger partial charge in [-0.3, -0.25) is 0 Å². The lowest BCUT2D eigenvalue weighted by Gasteiger charge is -2.23. The van der Waals surface area contributed by atoms with Crippen LogP contribution >= 0.6 is 0 Å². The van der Waals surface area contributed by atoms with Gasteiger partial charge in [0.1, 0.15) is 18.1 Å². The summed E-state index contributed by atoms with van der Waals surface area (Å²) in [5.41, 5.74) is -1.30. The van der Waals surface area contributed by atoms with Crippen molar-refractivity contribution in [3.63, 3.8) is 0 Å². The lowest BCUT2D eigenvalue weighted by Crippen LogP contribution is -2.33. The number of nitrogens with zero attached hydrogens (tertiary/aromatic N) is 5. The summed E-state index contributed by atoms with van der Waals surface area (Å²) in [7, 11) is 0. The Morgan fingerprint density at radius 2 is 1.81 bits per heavy atom. The van der Waals surface area contributed by atoms with Crippen LogP contribution in [0.1, 0.15) is 24.4 Å². The summed E-state index contributed by atoms with van der Waals surface area (Å²) < 4.78 is 47.2. The first kappa shape index (κ1) is 25.3. The van der Waals surface area contributed by atoms with Gasteiger partial charge in [0.2, 0.25) is 0 Å². The molecule has 4 aromatic rings. The van der Waals surface area contributed by atoms with Crippen molar-refractivity contribution >= 4 is 11.5 Å². The zero-order valence-corrected chi connectivity index (χ0v) is 19.0. The van der Waals surface area contributed by atoms with E-state index in [0.29, 0.717) is 5.65 Å². The molecular weight excluding hydrogens is 481 g/mol. The minimum atomic E-state index is -4.56. The van der Waals surface area contributed by atoms with Gasteiger partial charge in [-0.15, -0.1) is 0 Å². The zero-order valence-electron chi connectivity index (χ0n) is 19.0. The molecule has 0 spiro atoms. The molecular formula is C23H23F3N6O4. The Morgan fingerprint density at radius 3 is 2.53 bits per heavy atom. The monoisotopic (exact) mass is 504 g/mol. The van der Waals surface area contributed by atoms with Gasteiger partial charge in [-0.2, -0.15) is 23.3 Å². The molecule has 3 heterocycles. The van der Waals surface area contributed by atoms with E-state index < -0.39 is 23.4 Å². The molecule has 0 aliphatic rings. The van der Waals surface area contributed by atoms with Crippen molar-refractivity contribution in [2.24, 2.45) is 5.41 Å². The van der Waals surface area contributed by atoms with Crippen molar-refractivity contribution in [3.8, 4) is 17.3 Å². The van der Waals surface area contributed by atoms with Crippen LogP contribution in [0.4, 0.5) is 19.0 Å². The number of aliphatic hydroxyl groups excluding tert-OH is 3. The number of hydrogen-bond donors (Lipinski definition) is 4. The number of fused-ring (bicyclic) bond motifs is 1. The second-order valence-electron chi connectivity index (χ2n) is 8.40. The molecule has 1 aromatic carbocycles. The first-order valence-electron chi connectivity index (χ1n) is 10.8. The molecule has 0 radical (unpaired) electrons. The molecule has 1 unspecified atom stereocenters. The summed E-state index contributed by atoms with van der Waals surface area (Å²) >= 11 is 0. The highest BCUT2D eigenvalue weighted by molar-refractivity contribution is 5.65. The fourth-order valence-corrected chi connectivity index (χ4v) is 3.26. The molecule has 0 bridgehead atoms.